The van der Waals surface area contributed by atoms with Gasteiger partial charge in [-0.1, -0.05) is 0 Å². The molecule has 0 radical (unpaired) electrons. The zero-order valence-corrected chi connectivity index (χ0v) is 9.16. The van der Waals surface area contributed by atoms with Crippen LogP contribution in [0.1, 0.15) is 13.8 Å². The fraction of sp³-hybridized carbons (Fsp3) is 0.500. The third kappa shape index (κ3) is 4.62. The molecule has 1 aromatic heterocycles. The zero-order chi connectivity index (χ0) is 11.1. The van der Waals surface area contributed by atoms with E-state index >= 15 is 0 Å². The summed E-state index contributed by atoms with van der Waals surface area (Å²) >= 11 is 0. The summed E-state index contributed by atoms with van der Waals surface area (Å²) in [5.41, 5.74) is 3.47. The van der Waals surface area contributed by atoms with Gasteiger partial charge in [-0.3, -0.25) is 0 Å². The van der Waals surface area contributed by atoms with Gasteiger partial charge in [0.2, 0.25) is 0 Å². The number of nitrogens with one attached hydrogen (secondary N) is 2. The zero-order valence-electron chi connectivity index (χ0n) is 9.16. The quantitative estimate of drug-likeness (QED) is 0.374. The van der Waals surface area contributed by atoms with Crippen molar-refractivity contribution in [3.8, 4) is 0 Å². The number of pyridine rings is 1. The maximum absolute atomic E-state index is 5.40. The molecule has 4 N–H and O–H groups in total. The van der Waals surface area contributed by atoms with E-state index < -0.39 is 0 Å². The molecule has 0 aliphatic carbocycles. The number of hydrogen-bond acceptors (Lipinski definition) is 5. The second-order valence-corrected chi connectivity index (χ2v) is 3.42. The maximum Gasteiger partial charge on any atom is 0.141 e. The number of nitrogens with zero attached hydrogens (tertiary/aromatic N) is 1. The smallest absolute Gasteiger partial charge is 0.141 e. The van der Waals surface area contributed by atoms with Crippen LogP contribution in [0.25, 0.3) is 0 Å². The van der Waals surface area contributed by atoms with Crippen LogP contribution in [-0.2, 0) is 4.74 Å². The molecule has 0 spiro atoms. The van der Waals surface area contributed by atoms with Gasteiger partial charge in [0, 0.05) is 24.5 Å². The number of hydrazine groups is 1. The normalized spacial score (nSPS) is 10.4. The molecule has 1 rings (SSSR count). The van der Waals surface area contributed by atoms with Crippen LogP contribution in [0.3, 0.4) is 0 Å². The summed E-state index contributed by atoms with van der Waals surface area (Å²) in [5, 5.41) is 3.21. The first-order valence-corrected chi connectivity index (χ1v) is 5.00. The number of nitrogens with two attached hydrogens (primary N) is 1. The summed E-state index contributed by atoms with van der Waals surface area (Å²) < 4.78 is 5.40. The molecule has 0 fully saturated rings. The van der Waals surface area contributed by atoms with Gasteiger partial charge < -0.3 is 15.5 Å². The summed E-state index contributed by atoms with van der Waals surface area (Å²) in [5.74, 6) is 5.89. The van der Waals surface area contributed by atoms with Crippen molar-refractivity contribution in [2.24, 2.45) is 5.84 Å². The molecule has 15 heavy (non-hydrogen) atoms. The topological polar surface area (TPSA) is 72.2 Å². The average molecular weight is 210 g/mol. The lowest BCUT2D eigenvalue weighted by Gasteiger charge is -2.10. The van der Waals surface area contributed by atoms with E-state index in [4.69, 9.17) is 10.6 Å². The molecule has 0 aromatic carbocycles. The molecule has 0 amide bonds. The molecule has 0 saturated heterocycles. The third-order valence-electron chi connectivity index (χ3n) is 1.79. The summed E-state index contributed by atoms with van der Waals surface area (Å²) in [6, 6.07) is 3.73. The van der Waals surface area contributed by atoms with Crippen molar-refractivity contribution in [3.63, 3.8) is 0 Å². The molecule has 0 saturated carbocycles. The summed E-state index contributed by atoms with van der Waals surface area (Å²) in [7, 11) is 0. The van der Waals surface area contributed by atoms with Crippen molar-refractivity contribution in [1.82, 2.24) is 4.98 Å². The Kier molecular flexibility index (Phi) is 4.86. The Morgan fingerprint density at radius 1 is 1.53 bits per heavy atom. The average Bonchev–Trinajstić information content (AvgIpc) is 2.24. The van der Waals surface area contributed by atoms with Gasteiger partial charge >= 0.3 is 0 Å². The van der Waals surface area contributed by atoms with E-state index in [0.717, 1.165) is 12.2 Å². The highest BCUT2D eigenvalue weighted by atomic mass is 16.5. The Labute approximate surface area is 90.0 Å². The van der Waals surface area contributed by atoms with Crippen LogP contribution in [0.2, 0.25) is 0 Å². The minimum Gasteiger partial charge on any atom is -0.383 e. The molecule has 5 heteroatoms. The van der Waals surface area contributed by atoms with Gasteiger partial charge in [-0.2, -0.15) is 0 Å². The van der Waals surface area contributed by atoms with Crippen LogP contribution in [0.5, 0.6) is 0 Å². The number of anilines is 2. The van der Waals surface area contributed by atoms with E-state index in [-0.39, 0.29) is 6.10 Å². The van der Waals surface area contributed by atoms with Crippen LogP contribution in [0.15, 0.2) is 18.3 Å². The number of ether oxygens (including phenoxy) is 1. The first kappa shape index (κ1) is 11.7. The number of aromatic nitrogens is 1. The van der Waals surface area contributed by atoms with Crippen LogP contribution >= 0.6 is 0 Å². The van der Waals surface area contributed by atoms with E-state index in [0.29, 0.717) is 12.4 Å². The van der Waals surface area contributed by atoms with Gasteiger partial charge in [-0.15, -0.1) is 0 Å². The van der Waals surface area contributed by atoms with E-state index in [2.05, 4.69) is 15.7 Å². The lowest BCUT2D eigenvalue weighted by Crippen LogP contribution is -2.14. The monoisotopic (exact) mass is 210 g/mol. The largest absolute Gasteiger partial charge is 0.383 e. The Hall–Kier alpha value is -1.33. The second-order valence-electron chi connectivity index (χ2n) is 3.42. The molecule has 0 atom stereocenters. The summed E-state index contributed by atoms with van der Waals surface area (Å²) in [4.78, 5) is 4.01. The fourth-order valence-corrected chi connectivity index (χ4v) is 1.11. The van der Waals surface area contributed by atoms with Crippen molar-refractivity contribution in [1.29, 1.82) is 0 Å². The van der Waals surface area contributed by atoms with Crippen LogP contribution < -0.4 is 16.6 Å². The molecule has 1 aromatic rings. The van der Waals surface area contributed by atoms with Gasteiger partial charge in [0.25, 0.3) is 0 Å². The Morgan fingerprint density at radius 2 is 2.33 bits per heavy atom. The molecule has 1 heterocycles. The summed E-state index contributed by atoms with van der Waals surface area (Å²) in [6.45, 7) is 5.49. The molecule has 0 unspecified atom stereocenters. The van der Waals surface area contributed by atoms with Crippen molar-refractivity contribution < 1.29 is 4.74 Å². The van der Waals surface area contributed by atoms with Crippen molar-refractivity contribution in [2.45, 2.75) is 20.0 Å². The van der Waals surface area contributed by atoms with Crippen LogP contribution in [0.4, 0.5) is 11.5 Å². The van der Waals surface area contributed by atoms with Gasteiger partial charge in [-0.05, 0) is 19.9 Å². The van der Waals surface area contributed by atoms with Gasteiger partial charge in [0.15, 0.2) is 0 Å². The lowest BCUT2D eigenvalue weighted by atomic mass is 10.4. The minimum atomic E-state index is 0.269. The van der Waals surface area contributed by atoms with Crippen molar-refractivity contribution >= 4 is 11.5 Å². The Morgan fingerprint density at radius 3 is 3.00 bits per heavy atom. The first-order valence-electron chi connectivity index (χ1n) is 5.00. The van der Waals surface area contributed by atoms with Gasteiger partial charge in [0.1, 0.15) is 5.82 Å². The van der Waals surface area contributed by atoms with E-state index in [1.54, 1.807) is 6.20 Å². The standard InChI is InChI=1S/C10H18N4O/c1-8(2)15-6-5-12-9-3-4-13-10(7-9)14-11/h3-4,7-8H,5-6,11H2,1-2H3,(H2,12,13,14). The minimum absolute atomic E-state index is 0.269. The molecule has 0 aliphatic rings. The molecule has 0 bridgehead atoms. The number of hydrogen-bond donors (Lipinski definition) is 3. The lowest BCUT2D eigenvalue weighted by molar-refractivity contribution is 0.0870. The number of rotatable bonds is 6. The Balaban J connectivity index is 2.30. The third-order valence-corrected chi connectivity index (χ3v) is 1.79. The highest BCUT2D eigenvalue weighted by Gasteiger charge is 1.96. The summed E-state index contributed by atoms with van der Waals surface area (Å²) in [6.07, 6.45) is 1.96. The second kappa shape index (κ2) is 6.21. The maximum atomic E-state index is 5.40. The van der Waals surface area contributed by atoms with Crippen LogP contribution in [0, 0.1) is 0 Å². The van der Waals surface area contributed by atoms with E-state index in [1.165, 1.54) is 0 Å². The highest BCUT2D eigenvalue weighted by molar-refractivity contribution is 5.51. The highest BCUT2D eigenvalue weighted by Crippen LogP contribution is 2.09. The Bertz CT molecular complexity index is 291. The van der Waals surface area contributed by atoms with Gasteiger partial charge in [-0.25, -0.2) is 10.8 Å². The van der Waals surface area contributed by atoms with E-state index in [1.807, 2.05) is 26.0 Å². The molecule has 5 nitrogen and oxygen atoms in total. The first-order chi connectivity index (χ1) is 7.22. The molecular formula is C10H18N4O. The predicted octanol–water partition coefficient (Wildman–Crippen LogP) is 1.20. The molecule has 0 aliphatic heterocycles. The van der Waals surface area contributed by atoms with Crippen molar-refractivity contribution in [3.05, 3.63) is 18.3 Å². The molecular weight excluding hydrogens is 192 g/mol. The predicted molar refractivity (Wildman–Crippen MR) is 61.6 cm³/mol. The molecule has 84 valence electrons. The fourth-order valence-electron chi connectivity index (χ4n) is 1.11. The van der Waals surface area contributed by atoms with Crippen LogP contribution in [-0.4, -0.2) is 24.2 Å². The number of nitrogen functional groups attached to an aromatic ring is 1. The van der Waals surface area contributed by atoms with Gasteiger partial charge in [0.05, 0.1) is 12.7 Å². The van der Waals surface area contributed by atoms with E-state index in [9.17, 15) is 0 Å². The van der Waals surface area contributed by atoms with Crippen molar-refractivity contribution in [2.75, 3.05) is 23.9 Å². The SMILES string of the molecule is CC(C)OCCNc1ccnc(NN)c1.